The quantitative estimate of drug-likeness (QED) is 0.0222. The van der Waals surface area contributed by atoms with Gasteiger partial charge in [-0.05, 0) is 37.5 Å². The number of hydrogen-bond donors (Lipinski definition) is 3. The normalized spacial score (nSPS) is 14.6. The summed E-state index contributed by atoms with van der Waals surface area (Å²) in [6, 6.07) is 0. The van der Waals surface area contributed by atoms with Crippen LogP contribution in [-0.2, 0) is 65.4 Å². The summed E-state index contributed by atoms with van der Waals surface area (Å²) in [7, 11) is -9.90. The summed E-state index contributed by atoms with van der Waals surface area (Å²) in [5, 5.41) is 10.6. The van der Waals surface area contributed by atoms with E-state index in [9.17, 15) is 43.2 Å². The molecule has 0 heterocycles. The lowest BCUT2D eigenvalue weighted by Gasteiger charge is -2.21. The Morgan fingerprint density at radius 3 is 0.755 bits per heavy atom. The minimum Gasteiger partial charge on any atom is -0.462 e. The number of rotatable bonds is 74. The molecule has 94 heavy (non-hydrogen) atoms. The lowest BCUT2D eigenvalue weighted by atomic mass is 9.99. The third kappa shape index (κ3) is 66.0. The van der Waals surface area contributed by atoms with Gasteiger partial charge in [-0.15, -0.1) is 0 Å². The lowest BCUT2D eigenvalue weighted by molar-refractivity contribution is -0.161. The molecule has 4 unspecified atom stereocenters. The molecule has 0 aromatic rings. The number of esters is 4. The number of phosphoric ester groups is 2. The van der Waals surface area contributed by atoms with Gasteiger partial charge in [-0.3, -0.25) is 37.3 Å². The van der Waals surface area contributed by atoms with Crippen molar-refractivity contribution in [1.29, 1.82) is 0 Å². The predicted octanol–water partition coefficient (Wildman–Crippen LogP) is 21.9. The number of aliphatic hydroxyl groups is 1. The van der Waals surface area contributed by atoms with Gasteiger partial charge >= 0.3 is 39.5 Å². The highest BCUT2D eigenvalue weighted by molar-refractivity contribution is 7.47. The van der Waals surface area contributed by atoms with Crippen LogP contribution in [0.2, 0.25) is 0 Å². The Morgan fingerprint density at radius 2 is 0.511 bits per heavy atom. The molecule has 0 fully saturated rings. The van der Waals surface area contributed by atoms with E-state index in [1.807, 2.05) is 0 Å². The van der Waals surface area contributed by atoms with Gasteiger partial charge in [0.15, 0.2) is 12.2 Å². The molecule has 0 radical (unpaired) electrons. The zero-order chi connectivity index (χ0) is 69.3. The van der Waals surface area contributed by atoms with Gasteiger partial charge in [-0.25, -0.2) is 9.13 Å². The van der Waals surface area contributed by atoms with Crippen molar-refractivity contribution in [2.45, 2.75) is 407 Å². The van der Waals surface area contributed by atoms with Crippen molar-refractivity contribution in [1.82, 2.24) is 0 Å². The second kappa shape index (κ2) is 66.9. The number of carbonyl (C=O) groups is 4. The summed E-state index contributed by atoms with van der Waals surface area (Å²) < 4.78 is 68.4. The molecule has 0 bridgehead atoms. The maximum atomic E-state index is 13.1. The summed E-state index contributed by atoms with van der Waals surface area (Å²) >= 11 is 0. The van der Waals surface area contributed by atoms with Gasteiger partial charge in [0.1, 0.15) is 19.3 Å². The molecule has 19 heteroatoms. The third-order valence-electron chi connectivity index (χ3n) is 18.2. The van der Waals surface area contributed by atoms with Crippen LogP contribution in [0.3, 0.4) is 0 Å². The highest BCUT2D eigenvalue weighted by atomic mass is 31.2. The Morgan fingerprint density at radius 1 is 0.298 bits per heavy atom. The maximum Gasteiger partial charge on any atom is 0.472 e. The lowest BCUT2D eigenvalue weighted by Crippen LogP contribution is -2.30. The van der Waals surface area contributed by atoms with Crippen molar-refractivity contribution in [3.8, 4) is 0 Å². The molecule has 0 rings (SSSR count). The van der Waals surface area contributed by atoms with E-state index in [2.05, 4.69) is 41.5 Å². The topological polar surface area (TPSA) is 237 Å². The Kier molecular flexibility index (Phi) is 65.5. The Labute approximate surface area is 575 Å². The van der Waals surface area contributed by atoms with Gasteiger partial charge in [0.25, 0.3) is 0 Å². The standard InChI is InChI=1S/C75H146O17P2/c1-7-11-13-15-17-19-21-31-35-39-46-52-58-73(78)85-63-70(91-74(79)59-53-47-40-36-32-29-27-25-23-22-24-26-28-30-33-37-43-49-55-67(5)9-3)65-89-93(81,82)87-61-69(76)62-88-94(83,84)90-66-71(92-75(80)60-54-48-42-41-44-50-56-68(6)10-4)64-86-72(77)57-51-45-38-34-20-18-16-14-12-8-2/h67-71,76H,7-66H2,1-6H3,(H,81,82)(H,83,84)/t67?,68?,69-,70-,71-/m1/s1. The van der Waals surface area contributed by atoms with Gasteiger partial charge in [-0.1, -0.05) is 337 Å². The summed E-state index contributed by atoms with van der Waals surface area (Å²) in [4.78, 5) is 72.6. The molecule has 0 amide bonds. The van der Waals surface area contributed by atoms with E-state index in [1.165, 1.54) is 205 Å². The van der Waals surface area contributed by atoms with E-state index in [0.29, 0.717) is 25.7 Å². The zero-order valence-electron chi connectivity index (χ0n) is 61.3. The molecule has 0 saturated carbocycles. The van der Waals surface area contributed by atoms with Crippen LogP contribution in [0.4, 0.5) is 0 Å². The highest BCUT2D eigenvalue weighted by Gasteiger charge is 2.30. The second-order valence-electron chi connectivity index (χ2n) is 27.5. The predicted molar refractivity (Wildman–Crippen MR) is 381 cm³/mol. The van der Waals surface area contributed by atoms with E-state index in [-0.39, 0.29) is 25.7 Å². The fraction of sp³-hybridized carbons (Fsp3) is 0.947. The van der Waals surface area contributed by atoms with E-state index in [4.69, 9.17) is 37.0 Å². The smallest absolute Gasteiger partial charge is 0.462 e. The molecule has 3 N–H and O–H groups in total. The average Bonchev–Trinajstić information content (AvgIpc) is 1.98. The molecule has 7 atom stereocenters. The third-order valence-corrected chi connectivity index (χ3v) is 20.1. The minimum atomic E-state index is -4.95. The molecule has 0 aliphatic heterocycles. The number of unbranched alkanes of at least 4 members (excludes halogenated alkanes) is 42. The monoisotopic (exact) mass is 1380 g/mol. The van der Waals surface area contributed by atoms with Gasteiger partial charge < -0.3 is 33.8 Å². The van der Waals surface area contributed by atoms with Crippen molar-refractivity contribution in [3.63, 3.8) is 0 Å². The van der Waals surface area contributed by atoms with E-state index >= 15 is 0 Å². The van der Waals surface area contributed by atoms with E-state index in [1.54, 1.807) is 0 Å². The second-order valence-corrected chi connectivity index (χ2v) is 30.4. The van der Waals surface area contributed by atoms with Crippen molar-refractivity contribution in [2.75, 3.05) is 39.6 Å². The van der Waals surface area contributed by atoms with E-state index in [0.717, 1.165) is 102 Å². The van der Waals surface area contributed by atoms with Crippen LogP contribution in [0.1, 0.15) is 388 Å². The summed E-state index contributed by atoms with van der Waals surface area (Å²) in [5.41, 5.74) is 0. The zero-order valence-corrected chi connectivity index (χ0v) is 63.1. The van der Waals surface area contributed by atoms with Crippen LogP contribution in [-0.4, -0.2) is 96.7 Å². The van der Waals surface area contributed by atoms with Crippen LogP contribution >= 0.6 is 15.6 Å². The number of phosphoric acid groups is 2. The van der Waals surface area contributed by atoms with Crippen LogP contribution in [0, 0.1) is 11.8 Å². The molecule has 558 valence electrons. The molecular formula is C75H146O17P2. The first-order chi connectivity index (χ1) is 45.4. The molecule has 0 saturated heterocycles. The van der Waals surface area contributed by atoms with Crippen LogP contribution in [0.15, 0.2) is 0 Å². The average molecular weight is 1380 g/mol. The fourth-order valence-electron chi connectivity index (χ4n) is 11.4. The summed E-state index contributed by atoms with van der Waals surface area (Å²) in [6.07, 6.45) is 54.1. The number of ether oxygens (including phenoxy) is 4. The number of carbonyl (C=O) groups excluding carboxylic acids is 4. The van der Waals surface area contributed by atoms with Crippen LogP contribution < -0.4 is 0 Å². The maximum absolute atomic E-state index is 13.1. The number of aliphatic hydroxyl groups excluding tert-OH is 1. The molecular weight excluding hydrogens is 1230 g/mol. The molecule has 0 aliphatic rings. The van der Waals surface area contributed by atoms with Crippen molar-refractivity contribution < 1.29 is 80.2 Å². The van der Waals surface area contributed by atoms with Crippen LogP contribution in [0.5, 0.6) is 0 Å². The van der Waals surface area contributed by atoms with Crippen molar-refractivity contribution in [3.05, 3.63) is 0 Å². The van der Waals surface area contributed by atoms with Crippen molar-refractivity contribution >= 4 is 39.5 Å². The van der Waals surface area contributed by atoms with Gasteiger partial charge in [0, 0.05) is 25.7 Å². The molecule has 0 aromatic carbocycles. The Bertz CT molecular complexity index is 1820. The minimum absolute atomic E-state index is 0.103. The largest absolute Gasteiger partial charge is 0.472 e. The SMILES string of the molecule is CCCCCCCCCCCCCCC(=O)OC[C@H](COP(=O)(O)OC[C@@H](O)COP(=O)(O)OC[C@@H](COC(=O)CCCCCCCCCCCC)OC(=O)CCCCCCCCC(C)CC)OC(=O)CCCCCCCCCCCCCCCCCCCCC(C)CC. The van der Waals surface area contributed by atoms with Gasteiger partial charge in [0.05, 0.1) is 26.4 Å². The molecule has 17 nitrogen and oxygen atoms in total. The number of hydrogen-bond acceptors (Lipinski definition) is 15. The first-order valence-corrected chi connectivity index (χ1v) is 42.1. The van der Waals surface area contributed by atoms with Gasteiger partial charge in [0.2, 0.25) is 0 Å². The highest BCUT2D eigenvalue weighted by Crippen LogP contribution is 2.45. The summed E-state index contributed by atoms with van der Waals surface area (Å²) in [5.74, 6) is -0.529. The first kappa shape index (κ1) is 92.1. The van der Waals surface area contributed by atoms with Crippen molar-refractivity contribution in [2.24, 2.45) is 11.8 Å². The summed E-state index contributed by atoms with van der Waals surface area (Å²) in [6.45, 7) is 9.59. The molecule has 0 aliphatic carbocycles. The van der Waals surface area contributed by atoms with Crippen LogP contribution in [0.25, 0.3) is 0 Å². The Balaban J connectivity index is 5.16. The molecule has 0 aromatic heterocycles. The van der Waals surface area contributed by atoms with E-state index < -0.39 is 97.5 Å². The molecule has 0 spiro atoms. The fourth-order valence-corrected chi connectivity index (χ4v) is 13.0. The van der Waals surface area contributed by atoms with Gasteiger partial charge in [-0.2, -0.15) is 0 Å². The Hall–Kier alpha value is -1.94. The first-order valence-electron chi connectivity index (χ1n) is 39.1.